The Hall–Kier alpha value is -2.74. The summed E-state index contributed by atoms with van der Waals surface area (Å²) in [6.45, 7) is 1.88. The summed E-state index contributed by atoms with van der Waals surface area (Å²) in [5, 5.41) is 6.72. The lowest BCUT2D eigenvalue weighted by Gasteiger charge is -2.19. The van der Waals surface area contributed by atoms with Gasteiger partial charge >= 0.3 is 6.03 Å². The lowest BCUT2D eigenvalue weighted by molar-refractivity contribution is 0.102. The zero-order chi connectivity index (χ0) is 24.2. The van der Waals surface area contributed by atoms with Gasteiger partial charge in [0.25, 0.3) is 5.91 Å². The fraction of sp³-hybridized carbons (Fsp3) is 0.167. The number of hydrogen-bond acceptors (Lipinski definition) is 4. The van der Waals surface area contributed by atoms with Gasteiger partial charge in [0.2, 0.25) is 0 Å². The Balaban J connectivity index is 1.56. The van der Waals surface area contributed by atoms with Crippen molar-refractivity contribution in [2.75, 3.05) is 22.6 Å². The first kappa shape index (κ1) is 24.4. The lowest BCUT2D eigenvalue weighted by Crippen LogP contribution is -2.32. The Morgan fingerprint density at radius 2 is 1.76 bits per heavy atom. The number of halogens is 2. The number of carbonyl (C=O) groups is 2. The summed E-state index contributed by atoms with van der Waals surface area (Å²) in [5.41, 5.74) is 5.51. The molecule has 3 N–H and O–H groups in total. The Morgan fingerprint density at radius 1 is 1.03 bits per heavy atom. The predicted molar refractivity (Wildman–Crippen MR) is 152 cm³/mol. The highest BCUT2D eigenvalue weighted by Gasteiger charge is 2.18. The van der Waals surface area contributed by atoms with E-state index < -0.39 is 0 Å². The van der Waals surface area contributed by atoms with Crippen molar-refractivity contribution in [1.29, 1.82) is 0 Å². The summed E-state index contributed by atoms with van der Waals surface area (Å²) in [7, 11) is 1.64. The molecule has 0 bridgehead atoms. The van der Waals surface area contributed by atoms with Gasteiger partial charge < -0.3 is 15.6 Å². The molecule has 0 saturated heterocycles. The van der Waals surface area contributed by atoms with E-state index in [-0.39, 0.29) is 11.9 Å². The number of nitrogens with one attached hydrogen (secondary N) is 3. The summed E-state index contributed by atoms with van der Waals surface area (Å²) in [6.07, 6.45) is 3.16. The van der Waals surface area contributed by atoms with Gasteiger partial charge in [-0.3, -0.25) is 9.69 Å². The van der Waals surface area contributed by atoms with Gasteiger partial charge in [-0.05, 0) is 41.8 Å². The van der Waals surface area contributed by atoms with Crippen LogP contribution >= 0.6 is 45.2 Å². The van der Waals surface area contributed by atoms with Crippen molar-refractivity contribution in [3.8, 4) is 0 Å². The van der Waals surface area contributed by atoms with Crippen LogP contribution in [-0.2, 0) is 8.86 Å². The minimum absolute atomic E-state index is 0.225. The van der Waals surface area contributed by atoms with Crippen molar-refractivity contribution in [2.45, 2.75) is 15.8 Å². The molecule has 10 heteroatoms. The van der Waals surface area contributed by atoms with Gasteiger partial charge in [0.05, 0.1) is 5.39 Å². The van der Waals surface area contributed by atoms with Crippen molar-refractivity contribution in [1.82, 2.24) is 15.0 Å². The van der Waals surface area contributed by atoms with Crippen molar-refractivity contribution in [2.24, 2.45) is 0 Å². The third-order valence-electron chi connectivity index (χ3n) is 5.46. The minimum atomic E-state index is -0.371. The predicted octanol–water partition coefficient (Wildman–Crippen LogP) is 6.06. The second-order valence-electron chi connectivity index (χ2n) is 7.63. The van der Waals surface area contributed by atoms with E-state index in [1.807, 2.05) is 37.3 Å². The monoisotopic (exact) mass is 680 g/mol. The number of aromatic nitrogens is 3. The number of alkyl halides is 2. The molecule has 0 aliphatic heterocycles. The summed E-state index contributed by atoms with van der Waals surface area (Å²) >= 11 is 4.59. The number of aromatic amines is 1. The fourth-order valence-electron chi connectivity index (χ4n) is 3.54. The van der Waals surface area contributed by atoms with Crippen molar-refractivity contribution in [3.05, 3.63) is 77.2 Å². The number of para-hydroxylation sites is 1. The Morgan fingerprint density at radius 3 is 2.47 bits per heavy atom. The van der Waals surface area contributed by atoms with Gasteiger partial charge in [0.1, 0.15) is 17.8 Å². The number of urea groups is 1. The smallest absolute Gasteiger partial charge is 0.327 e. The van der Waals surface area contributed by atoms with E-state index in [1.165, 1.54) is 11.2 Å². The molecule has 4 rings (SSSR count). The van der Waals surface area contributed by atoms with E-state index in [0.717, 1.165) is 36.6 Å². The van der Waals surface area contributed by atoms with Gasteiger partial charge in [-0.1, -0.05) is 69.4 Å². The third kappa shape index (κ3) is 5.02. The molecule has 0 aliphatic rings. The molecule has 0 atom stereocenters. The number of nitrogens with zero attached hydrogens (tertiary/aromatic N) is 3. The molecular weight excluding hydrogens is 658 g/mol. The summed E-state index contributed by atoms with van der Waals surface area (Å²) in [6, 6.07) is 12.8. The molecule has 2 aromatic carbocycles. The number of rotatable bonds is 6. The highest BCUT2D eigenvalue weighted by atomic mass is 127. The minimum Gasteiger partial charge on any atom is -0.346 e. The van der Waals surface area contributed by atoms with Crippen LogP contribution in [0, 0.1) is 6.92 Å². The van der Waals surface area contributed by atoms with Crippen LogP contribution in [-0.4, -0.2) is 33.9 Å². The molecule has 174 valence electrons. The number of amides is 3. The topological polar surface area (TPSA) is 103 Å². The molecule has 0 saturated carbocycles. The van der Waals surface area contributed by atoms with Crippen LogP contribution in [0.25, 0.3) is 11.0 Å². The Kier molecular flexibility index (Phi) is 7.66. The number of anilines is 3. The van der Waals surface area contributed by atoms with E-state index in [4.69, 9.17) is 0 Å². The van der Waals surface area contributed by atoms with Gasteiger partial charge in [-0.2, -0.15) is 0 Å². The standard InChI is InChI=1S/C24H22I2N6O2/c1-14-6-7-15(23(33)31-20-16(11-25)4-3-5-17(20)12-26)10-19(14)30-24(34)32(2)22-18-8-9-27-21(18)28-13-29-22/h3-10,13H,11-12H2,1-2H3,(H,30,34)(H,31,33)(H,27,28,29). The van der Waals surface area contributed by atoms with Gasteiger partial charge in [0, 0.05) is 39.0 Å². The average molecular weight is 680 g/mol. The summed E-state index contributed by atoms with van der Waals surface area (Å²) in [5.74, 6) is 0.258. The van der Waals surface area contributed by atoms with Crippen molar-refractivity contribution >= 4 is 85.3 Å². The Labute approximate surface area is 224 Å². The molecule has 8 nitrogen and oxygen atoms in total. The number of fused-ring (bicyclic) bond motifs is 1. The van der Waals surface area contributed by atoms with Crippen LogP contribution in [0.15, 0.2) is 55.0 Å². The zero-order valence-corrected chi connectivity index (χ0v) is 22.8. The first-order valence-electron chi connectivity index (χ1n) is 10.4. The van der Waals surface area contributed by atoms with E-state index in [1.54, 1.807) is 25.4 Å². The van der Waals surface area contributed by atoms with Crippen LogP contribution < -0.4 is 15.5 Å². The molecular formula is C24H22I2N6O2. The average Bonchev–Trinajstić information content (AvgIpc) is 3.34. The van der Waals surface area contributed by atoms with Crippen LogP contribution in [0.1, 0.15) is 27.0 Å². The van der Waals surface area contributed by atoms with Crippen LogP contribution in [0.3, 0.4) is 0 Å². The van der Waals surface area contributed by atoms with E-state index >= 15 is 0 Å². The van der Waals surface area contributed by atoms with Crippen LogP contribution in [0.4, 0.5) is 22.0 Å². The fourth-order valence-corrected chi connectivity index (χ4v) is 4.81. The molecule has 2 aromatic heterocycles. The molecule has 0 aliphatic carbocycles. The maximum absolute atomic E-state index is 13.1. The first-order valence-corrected chi connectivity index (χ1v) is 13.5. The highest BCUT2D eigenvalue weighted by molar-refractivity contribution is 14.1. The van der Waals surface area contributed by atoms with E-state index in [9.17, 15) is 9.59 Å². The second-order valence-corrected chi connectivity index (χ2v) is 9.15. The number of H-pyrrole nitrogens is 1. The second kappa shape index (κ2) is 10.7. The molecule has 0 spiro atoms. The number of benzene rings is 2. The highest BCUT2D eigenvalue weighted by Crippen LogP contribution is 2.27. The van der Waals surface area contributed by atoms with Crippen molar-refractivity contribution in [3.63, 3.8) is 0 Å². The first-order chi connectivity index (χ1) is 16.4. The lowest BCUT2D eigenvalue weighted by atomic mass is 10.1. The molecule has 0 radical (unpaired) electrons. The molecule has 34 heavy (non-hydrogen) atoms. The normalized spacial score (nSPS) is 10.8. The summed E-state index contributed by atoms with van der Waals surface area (Å²) < 4.78 is 1.58. The largest absolute Gasteiger partial charge is 0.346 e. The molecule has 3 amide bonds. The van der Waals surface area contributed by atoms with Gasteiger partial charge in [-0.15, -0.1) is 0 Å². The Bertz CT molecular complexity index is 1350. The van der Waals surface area contributed by atoms with Crippen LogP contribution in [0.2, 0.25) is 0 Å². The maximum atomic E-state index is 13.1. The number of hydrogen-bond donors (Lipinski definition) is 3. The molecule has 0 fully saturated rings. The SMILES string of the molecule is Cc1ccc(C(=O)Nc2c(CI)cccc2CI)cc1NC(=O)N(C)c1ncnc2[nH]ccc12. The van der Waals surface area contributed by atoms with E-state index in [2.05, 4.69) is 70.8 Å². The van der Waals surface area contributed by atoms with Gasteiger partial charge in [0.15, 0.2) is 0 Å². The maximum Gasteiger partial charge on any atom is 0.327 e. The number of carbonyl (C=O) groups excluding carboxylic acids is 2. The molecule has 2 heterocycles. The summed E-state index contributed by atoms with van der Waals surface area (Å²) in [4.78, 5) is 39.0. The zero-order valence-electron chi connectivity index (χ0n) is 18.5. The van der Waals surface area contributed by atoms with Gasteiger partial charge in [-0.25, -0.2) is 14.8 Å². The third-order valence-corrected chi connectivity index (χ3v) is 7.10. The van der Waals surface area contributed by atoms with E-state index in [0.29, 0.717) is 22.7 Å². The van der Waals surface area contributed by atoms with Crippen LogP contribution in [0.5, 0.6) is 0 Å². The quantitative estimate of drug-likeness (QED) is 0.170. The van der Waals surface area contributed by atoms with Crippen molar-refractivity contribution < 1.29 is 9.59 Å². The molecule has 4 aromatic rings. The molecule has 0 unspecified atom stereocenters. The number of aryl methyl sites for hydroxylation is 1.